The Hall–Kier alpha value is -10.8. The van der Waals surface area contributed by atoms with Crippen molar-refractivity contribution in [3.8, 4) is 0 Å². The molecule has 3 aromatic rings. The minimum atomic E-state index is -2.23. The van der Waals surface area contributed by atoms with Crippen LogP contribution in [0.15, 0.2) is 35.3 Å². The zero-order valence-corrected chi connectivity index (χ0v) is 66.4. The van der Waals surface area contributed by atoms with Crippen LogP contribution in [0.3, 0.4) is 0 Å². The number of aromatic amines is 1. The van der Waals surface area contributed by atoms with Gasteiger partial charge in [-0.1, -0.05) is 0 Å². The number of H-pyrrole nitrogens is 1. The van der Waals surface area contributed by atoms with Crippen molar-refractivity contribution in [1.82, 2.24) is 78.4 Å². The molecule has 682 valence electrons. The van der Waals surface area contributed by atoms with Crippen molar-refractivity contribution in [2.24, 2.45) is 0 Å². The van der Waals surface area contributed by atoms with E-state index in [1.54, 1.807) is 0 Å². The summed E-state index contributed by atoms with van der Waals surface area (Å²) in [5, 5.41) is 215. The van der Waals surface area contributed by atoms with E-state index in [-0.39, 0.29) is 34.9 Å². The van der Waals surface area contributed by atoms with Gasteiger partial charge in [0.15, 0.2) is 11.2 Å². The number of amides is 11. The van der Waals surface area contributed by atoms with Gasteiger partial charge in [0.1, 0.15) is 103 Å². The Morgan fingerprint density at radius 2 is 0.713 bits per heavy atom. The SMILES string of the molecule is Nc1nc2ncc(CNc3ccc(C(=O)N[C@@H](CCC(=O)N[C@@H](CCC(=O)NC[C@H](O)[C@@H](O)[C@H](O)[C@H](O)CO)C(=O)N[C@@H](CCC(=O)O)C(=O)N[C@@H](CCC(=O)NC[C@H](O)[C@@H](O)[C@H](O)[C@H](O)CO)C(=O)N[C@@H](CS)C(=O)N[C@@H](CCC(=O)O)C(=O)N[C@@H](CCC(=O)NC[C@H](O)[C@@H](O)[C@H](O)[C@H](O)CO)C(=O)N[C@@H](CS)C(=O)O)C(=O)O)cc3)nc2c(=O)[nH]1. The molecular formula is C68H103N17O35S2. The molecule has 0 aliphatic heterocycles. The Bertz CT molecular complexity index is 4090. The van der Waals surface area contributed by atoms with Gasteiger partial charge in [-0.05, 0) is 62.8 Å². The number of anilines is 2. The number of aliphatic carboxylic acids is 4. The third-order valence-corrected chi connectivity index (χ3v) is 18.7. The maximum absolute atomic E-state index is 14.6. The van der Waals surface area contributed by atoms with Gasteiger partial charge in [-0.3, -0.25) is 72.1 Å². The Morgan fingerprint density at radius 3 is 1.07 bits per heavy atom. The number of carboxylic acid groups (broad SMARTS) is 4. The lowest BCUT2D eigenvalue weighted by Crippen LogP contribution is -2.60. The van der Waals surface area contributed by atoms with Gasteiger partial charge in [-0.2, -0.15) is 30.2 Å². The molecule has 0 fully saturated rings. The van der Waals surface area contributed by atoms with E-state index < -0.39 is 344 Å². The van der Waals surface area contributed by atoms with Crippen molar-refractivity contribution in [2.75, 3.05) is 62.0 Å². The monoisotopic (exact) mass is 1780 g/mol. The highest BCUT2D eigenvalue weighted by molar-refractivity contribution is 7.80. The van der Waals surface area contributed by atoms with Crippen LogP contribution in [-0.2, 0) is 73.7 Å². The van der Waals surface area contributed by atoms with Crippen LogP contribution >= 0.6 is 25.3 Å². The fourth-order valence-electron chi connectivity index (χ4n) is 10.7. The number of rotatable bonds is 58. The quantitative estimate of drug-likeness (QED) is 0.0233. The number of nitrogens with two attached hydrogens (primary N) is 1. The zero-order chi connectivity index (χ0) is 91.9. The number of carbonyl (C=O) groups excluding carboxylic acids is 11. The average Bonchev–Trinajstić information content (AvgIpc) is 0.809. The van der Waals surface area contributed by atoms with E-state index >= 15 is 0 Å². The van der Waals surface area contributed by atoms with E-state index in [2.05, 4.69) is 104 Å². The number of fused-ring (bicyclic) bond motifs is 1. The second-order valence-corrected chi connectivity index (χ2v) is 28.0. The third-order valence-electron chi connectivity index (χ3n) is 17.9. The van der Waals surface area contributed by atoms with Crippen LogP contribution in [0.25, 0.3) is 11.2 Å². The van der Waals surface area contributed by atoms with Gasteiger partial charge >= 0.3 is 23.9 Å². The van der Waals surface area contributed by atoms with Gasteiger partial charge in [0.25, 0.3) is 11.5 Å². The van der Waals surface area contributed by atoms with E-state index in [1.165, 1.54) is 30.5 Å². The number of aliphatic hydroxyl groups excluding tert-OH is 15. The van der Waals surface area contributed by atoms with Gasteiger partial charge in [0.2, 0.25) is 65.0 Å². The Labute approximate surface area is 700 Å². The summed E-state index contributed by atoms with van der Waals surface area (Å²) in [7, 11) is 0. The third kappa shape index (κ3) is 36.1. The molecule has 0 aliphatic carbocycles. The number of hydrogen-bond acceptors (Lipinski definition) is 38. The standard InChI is InChI=1S/C68H103N17O35S2/c69-68-84-57-50(65(116)85-68)75-29(18-74-57)17-70-28-3-1-27(2-4-28)58(109)81-35(66(117)118)8-14-47(98)76-30(5-11-44(95)71-19-38(89)51(103)54(106)41(92)22-86)59(110)79-33(9-15-48(99)100)60(111)77-31(6-12-45(96)72-20-39(90)52(104)55(107)42(93)23-87)62(113)82-36(25-121)64(115)80-34(10-16-49(101)102)61(112)78-32(63(114)83-37(26-122)67(119)120)7-13-46(97)73-21-40(91)53(105)56(108)43(94)24-88/h1-4,18,30-43,51-56,70,86-94,103-108,121-122H,5-17,19-26H2,(H,71,95)(H,72,96)(H,73,97)(H,76,98)(H,77,111)(H,78,112)(H,79,110)(H,80,115)(H,81,109)(H,82,113)(H,83,114)(H,99,100)(H,101,102)(H,117,118)(H,119,120)(H3,69,74,84,85,116)/t30-,31-,32-,33-,34-,35-,36-,37-,38-,39-,40-,41+,42+,43+,51+,52+,53+,54+,55+,56+/m0/s1. The molecule has 3 rings (SSSR count). The molecule has 20 atom stereocenters. The zero-order valence-electron chi connectivity index (χ0n) is 64.6. The van der Waals surface area contributed by atoms with Gasteiger partial charge in [0.05, 0.1) is 56.6 Å². The van der Waals surface area contributed by atoms with Crippen molar-refractivity contribution in [1.29, 1.82) is 0 Å². The average molecular weight is 1780 g/mol. The van der Waals surface area contributed by atoms with Gasteiger partial charge in [-0.15, -0.1) is 0 Å². The van der Waals surface area contributed by atoms with Crippen LogP contribution in [0.1, 0.15) is 93.1 Å². The number of nitrogen functional groups attached to an aromatic ring is 1. The van der Waals surface area contributed by atoms with Crippen molar-refractivity contribution < 1.29 is 169 Å². The number of benzene rings is 1. The summed E-state index contributed by atoms with van der Waals surface area (Å²) in [4.78, 5) is 228. The summed E-state index contributed by atoms with van der Waals surface area (Å²) >= 11 is 7.97. The lowest BCUT2D eigenvalue weighted by Gasteiger charge is -2.27. The molecular weight excluding hydrogens is 1680 g/mol. The van der Waals surface area contributed by atoms with Crippen LogP contribution in [0.4, 0.5) is 11.6 Å². The second kappa shape index (κ2) is 53.2. The smallest absolute Gasteiger partial charge is 0.327 e. The molecule has 34 N–H and O–H groups in total. The van der Waals surface area contributed by atoms with E-state index in [0.29, 0.717) is 5.69 Å². The van der Waals surface area contributed by atoms with Crippen LogP contribution in [-0.4, -0.2) is 378 Å². The fourth-order valence-corrected chi connectivity index (χ4v) is 11.2. The molecule has 1 aromatic carbocycles. The van der Waals surface area contributed by atoms with Crippen LogP contribution in [0.2, 0.25) is 0 Å². The van der Waals surface area contributed by atoms with Crippen LogP contribution in [0.5, 0.6) is 0 Å². The molecule has 0 saturated carbocycles. The fraction of sp³-hybridized carbons (Fsp3) is 0.603. The highest BCUT2D eigenvalue weighted by atomic mass is 32.1. The van der Waals surface area contributed by atoms with Crippen LogP contribution in [0, 0.1) is 0 Å². The van der Waals surface area contributed by atoms with E-state index in [9.17, 15) is 169 Å². The molecule has 122 heavy (non-hydrogen) atoms. The molecule has 11 amide bonds. The number of thiol groups is 2. The summed E-state index contributed by atoms with van der Waals surface area (Å²) in [6, 6.07) is -10.7. The summed E-state index contributed by atoms with van der Waals surface area (Å²) in [6.45, 7) is -5.91. The Kier molecular flexibility index (Phi) is 45.9. The Morgan fingerprint density at radius 1 is 0.393 bits per heavy atom. The molecule has 2 heterocycles. The first kappa shape index (κ1) is 105. The summed E-state index contributed by atoms with van der Waals surface area (Å²) in [5.41, 5.74) is 5.36. The number of aromatic nitrogens is 4. The summed E-state index contributed by atoms with van der Waals surface area (Å²) in [6.07, 6.45) is -34.3. The molecule has 0 aliphatic rings. The molecule has 0 saturated heterocycles. The predicted molar refractivity (Wildman–Crippen MR) is 417 cm³/mol. The van der Waals surface area contributed by atoms with Gasteiger partial charge < -0.3 is 167 Å². The van der Waals surface area contributed by atoms with E-state index in [0.717, 1.165) is 0 Å². The van der Waals surface area contributed by atoms with Gasteiger partial charge in [0, 0.05) is 80.9 Å². The highest BCUT2D eigenvalue weighted by Gasteiger charge is 2.38. The first-order chi connectivity index (χ1) is 57.4. The summed E-state index contributed by atoms with van der Waals surface area (Å²) in [5.74, 6) is -22.3. The van der Waals surface area contributed by atoms with Crippen molar-refractivity contribution in [2.45, 2.75) is 205 Å². The molecule has 0 radical (unpaired) electrons. The molecule has 0 bridgehead atoms. The number of carboxylic acids is 4. The normalized spacial score (nSPS) is 16.3. The second-order valence-electron chi connectivity index (χ2n) is 27.3. The number of nitrogens with zero attached hydrogens (tertiary/aromatic N) is 3. The minimum Gasteiger partial charge on any atom is -0.481 e. The molecule has 54 heteroatoms. The number of aliphatic hydroxyl groups is 15. The highest BCUT2D eigenvalue weighted by Crippen LogP contribution is 2.16. The maximum atomic E-state index is 14.6. The number of hydrogen-bond donors (Lipinski definition) is 35. The van der Waals surface area contributed by atoms with Crippen molar-refractivity contribution in [3.05, 3.63) is 52.1 Å². The number of carbonyl (C=O) groups is 15. The maximum Gasteiger partial charge on any atom is 0.327 e. The largest absolute Gasteiger partial charge is 0.481 e. The predicted octanol–water partition coefficient (Wildman–Crippen LogP) is -15.1. The van der Waals surface area contributed by atoms with Crippen molar-refractivity contribution >= 4 is 137 Å². The first-order valence-electron chi connectivity index (χ1n) is 37.1. The van der Waals surface area contributed by atoms with E-state index in [1.807, 2.05) is 5.32 Å². The summed E-state index contributed by atoms with van der Waals surface area (Å²) < 4.78 is 0. The number of nitrogens with one attached hydrogen (secondary N) is 13. The Balaban J connectivity index is 2.03. The topological polar surface area (TPSA) is 882 Å². The molecule has 2 aromatic heterocycles. The molecule has 0 spiro atoms. The molecule has 52 nitrogen and oxygen atoms in total. The van der Waals surface area contributed by atoms with Crippen LogP contribution < -0.4 is 75.1 Å². The lowest BCUT2D eigenvalue weighted by atomic mass is 10.0. The minimum absolute atomic E-state index is 0.000998. The van der Waals surface area contributed by atoms with E-state index in [4.69, 9.17) is 10.8 Å². The molecule has 0 unspecified atom stereocenters. The van der Waals surface area contributed by atoms with Gasteiger partial charge in [-0.25, -0.2) is 19.6 Å². The lowest BCUT2D eigenvalue weighted by molar-refractivity contribution is -0.142. The first-order valence-corrected chi connectivity index (χ1v) is 38.4. The van der Waals surface area contributed by atoms with Crippen molar-refractivity contribution in [3.63, 3.8) is 0 Å².